The molecule has 0 aliphatic carbocycles. The number of nitrogens with zero attached hydrogens (tertiary/aromatic N) is 3. The van der Waals surface area contributed by atoms with Crippen LogP contribution in [0.5, 0.6) is 5.75 Å². The van der Waals surface area contributed by atoms with E-state index in [4.69, 9.17) is 14.6 Å². The smallest absolute Gasteiger partial charge is 0.272 e. The molecule has 6 heteroatoms. The van der Waals surface area contributed by atoms with E-state index in [1.807, 2.05) is 35.6 Å². The van der Waals surface area contributed by atoms with Gasteiger partial charge in [-0.3, -0.25) is 9.48 Å². The lowest BCUT2D eigenvalue weighted by molar-refractivity contribution is -0.00716. The van der Waals surface area contributed by atoms with Crippen LogP contribution in [-0.2, 0) is 24.2 Å². The average Bonchev–Trinajstić information content (AvgIpc) is 2.87. The third-order valence-corrected chi connectivity index (χ3v) is 5.38. The Bertz CT molecular complexity index is 874. The van der Waals surface area contributed by atoms with Crippen LogP contribution in [0.1, 0.15) is 59.7 Å². The van der Waals surface area contributed by atoms with Crippen molar-refractivity contribution in [3.05, 3.63) is 46.3 Å². The number of hydrogen-bond acceptors (Lipinski definition) is 4. The molecular formula is C21H27N3O3. The van der Waals surface area contributed by atoms with Crippen LogP contribution in [0.4, 0.5) is 0 Å². The second-order valence-corrected chi connectivity index (χ2v) is 7.51. The molecule has 1 aromatic heterocycles. The SMILES string of the molecule is CCn1nc2c(c1C(=O)N1CCOc3ccc(C)cc3C1)C[C@H](C)O[C@@H]2C. The zero-order valence-electron chi connectivity index (χ0n) is 16.5. The molecule has 0 spiro atoms. The largest absolute Gasteiger partial charge is 0.491 e. The second-order valence-electron chi connectivity index (χ2n) is 7.51. The fourth-order valence-corrected chi connectivity index (χ4v) is 4.11. The van der Waals surface area contributed by atoms with E-state index in [9.17, 15) is 4.79 Å². The van der Waals surface area contributed by atoms with Crippen LogP contribution in [0.25, 0.3) is 0 Å². The highest BCUT2D eigenvalue weighted by atomic mass is 16.5. The van der Waals surface area contributed by atoms with E-state index < -0.39 is 0 Å². The molecule has 0 unspecified atom stereocenters. The second kappa shape index (κ2) is 7.00. The fourth-order valence-electron chi connectivity index (χ4n) is 4.11. The summed E-state index contributed by atoms with van der Waals surface area (Å²) in [4.78, 5) is 15.4. The minimum atomic E-state index is -0.0843. The Labute approximate surface area is 160 Å². The van der Waals surface area contributed by atoms with Crippen LogP contribution in [0, 0.1) is 6.92 Å². The summed E-state index contributed by atoms with van der Waals surface area (Å²) < 4.78 is 13.6. The summed E-state index contributed by atoms with van der Waals surface area (Å²) in [5.74, 6) is 0.905. The Morgan fingerprint density at radius 2 is 2.15 bits per heavy atom. The molecule has 2 atom stereocenters. The number of carbonyl (C=O) groups is 1. The van der Waals surface area contributed by atoms with Crippen molar-refractivity contribution >= 4 is 5.91 Å². The minimum absolute atomic E-state index is 0.0323. The van der Waals surface area contributed by atoms with E-state index in [0.29, 0.717) is 31.9 Å². The van der Waals surface area contributed by atoms with E-state index in [0.717, 1.165) is 29.0 Å². The number of aromatic nitrogens is 2. The first-order valence-corrected chi connectivity index (χ1v) is 9.74. The summed E-state index contributed by atoms with van der Waals surface area (Å²) in [6, 6.07) is 6.14. The maximum absolute atomic E-state index is 13.5. The van der Waals surface area contributed by atoms with E-state index in [1.165, 1.54) is 5.56 Å². The summed E-state index contributed by atoms with van der Waals surface area (Å²) in [5.41, 5.74) is 4.89. The number of fused-ring (bicyclic) bond motifs is 2. The first-order chi connectivity index (χ1) is 13.0. The first kappa shape index (κ1) is 18.0. The summed E-state index contributed by atoms with van der Waals surface area (Å²) >= 11 is 0. The van der Waals surface area contributed by atoms with Gasteiger partial charge >= 0.3 is 0 Å². The van der Waals surface area contributed by atoms with Gasteiger partial charge in [0.2, 0.25) is 0 Å². The third kappa shape index (κ3) is 3.23. The topological polar surface area (TPSA) is 56.6 Å². The van der Waals surface area contributed by atoms with E-state index in [-0.39, 0.29) is 18.1 Å². The van der Waals surface area contributed by atoms with Gasteiger partial charge in [-0.05, 0) is 33.8 Å². The molecule has 3 heterocycles. The molecule has 0 bridgehead atoms. The number of hydrogen-bond donors (Lipinski definition) is 0. The lowest BCUT2D eigenvalue weighted by Gasteiger charge is -2.26. The van der Waals surface area contributed by atoms with Crippen LogP contribution in [0.15, 0.2) is 18.2 Å². The predicted octanol–water partition coefficient (Wildman–Crippen LogP) is 3.27. The molecule has 2 aliphatic rings. The number of aryl methyl sites for hydroxylation is 2. The van der Waals surface area contributed by atoms with Gasteiger partial charge < -0.3 is 14.4 Å². The highest BCUT2D eigenvalue weighted by Gasteiger charge is 2.34. The number of rotatable bonds is 2. The molecule has 6 nitrogen and oxygen atoms in total. The normalized spacial score (nSPS) is 21.9. The van der Waals surface area contributed by atoms with Crippen molar-refractivity contribution in [1.29, 1.82) is 0 Å². The molecule has 0 N–H and O–H groups in total. The number of carbonyl (C=O) groups excluding carboxylic acids is 1. The van der Waals surface area contributed by atoms with Gasteiger partial charge in [-0.2, -0.15) is 5.10 Å². The van der Waals surface area contributed by atoms with Crippen molar-refractivity contribution in [2.24, 2.45) is 0 Å². The number of amides is 1. The third-order valence-electron chi connectivity index (χ3n) is 5.38. The van der Waals surface area contributed by atoms with E-state index >= 15 is 0 Å². The van der Waals surface area contributed by atoms with Gasteiger partial charge in [0.15, 0.2) is 0 Å². The maximum atomic E-state index is 13.5. The first-order valence-electron chi connectivity index (χ1n) is 9.74. The Hall–Kier alpha value is -2.34. The summed E-state index contributed by atoms with van der Waals surface area (Å²) in [7, 11) is 0. The van der Waals surface area contributed by atoms with Crippen molar-refractivity contribution < 1.29 is 14.3 Å². The lowest BCUT2D eigenvalue weighted by atomic mass is 9.99. The molecular weight excluding hydrogens is 342 g/mol. The van der Waals surface area contributed by atoms with Gasteiger partial charge in [-0.1, -0.05) is 17.7 Å². The van der Waals surface area contributed by atoms with Gasteiger partial charge in [0.05, 0.1) is 24.4 Å². The minimum Gasteiger partial charge on any atom is -0.491 e. The summed E-state index contributed by atoms with van der Waals surface area (Å²) in [6.45, 7) is 10.4. The molecule has 1 amide bonds. The monoisotopic (exact) mass is 369 g/mol. The summed E-state index contributed by atoms with van der Waals surface area (Å²) in [6.07, 6.45) is 0.726. The van der Waals surface area contributed by atoms with E-state index in [2.05, 4.69) is 19.9 Å². The van der Waals surface area contributed by atoms with Gasteiger partial charge in [-0.15, -0.1) is 0 Å². The molecule has 0 saturated carbocycles. The zero-order chi connectivity index (χ0) is 19.1. The van der Waals surface area contributed by atoms with Crippen molar-refractivity contribution in [3.8, 4) is 5.75 Å². The molecule has 0 radical (unpaired) electrons. The van der Waals surface area contributed by atoms with Crippen molar-refractivity contribution in [2.45, 2.75) is 59.4 Å². The van der Waals surface area contributed by atoms with Crippen LogP contribution in [-0.4, -0.2) is 39.8 Å². The molecule has 2 aromatic rings. The highest BCUT2D eigenvalue weighted by molar-refractivity contribution is 5.94. The zero-order valence-corrected chi connectivity index (χ0v) is 16.5. The van der Waals surface area contributed by atoms with E-state index in [1.54, 1.807) is 0 Å². The number of benzene rings is 1. The average molecular weight is 369 g/mol. The highest BCUT2D eigenvalue weighted by Crippen LogP contribution is 2.33. The predicted molar refractivity (Wildman–Crippen MR) is 102 cm³/mol. The van der Waals surface area contributed by atoms with Gasteiger partial charge in [0.1, 0.15) is 18.1 Å². The molecule has 144 valence electrons. The Morgan fingerprint density at radius 1 is 1.33 bits per heavy atom. The van der Waals surface area contributed by atoms with Crippen LogP contribution >= 0.6 is 0 Å². The van der Waals surface area contributed by atoms with Crippen molar-refractivity contribution in [2.75, 3.05) is 13.2 Å². The van der Waals surface area contributed by atoms with Gasteiger partial charge in [-0.25, -0.2) is 0 Å². The molecule has 27 heavy (non-hydrogen) atoms. The summed E-state index contributed by atoms with van der Waals surface area (Å²) in [5, 5.41) is 4.70. The van der Waals surface area contributed by atoms with Crippen LogP contribution < -0.4 is 4.74 Å². The van der Waals surface area contributed by atoms with Gasteiger partial charge in [0.25, 0.3) is 5.91 Å². The maximum Gasteiger partial charge on any atom is 0.272 e. The fraction of sp³-hybridized carbons (Fsp3) is 0.524. The molecule has 1 aromatic carbocycles. The van der Waals surface area contributed by atoms with Gasteiger partial charge in [0, 0.05) is 30.6 Å². The number of ether oxygens (including phenoxy) is 2. The molecule has 4 rings (SSSR count). The molecule has 0 saturated heterocycles. The van der Waals surface area contributed by atoms with Crippen molar-refractivity contribution in [1.82, 2.24) is 14.7 Å². The Kier molecular flexibility index (Phi) is 4.68. The molecule has 0 fully saturated rings. The Morgan fingerprint density at radius 3 is 2.93 bits per heavy atom. The quantitative estimate of drug-likeness (QED) is 0.815. The van der Waals surface area contributed by atoms with Crippen molar-refractivity contribution in [3.63, 3.8) is 0 Å². The van der Waals surface area contributed by atoms with Crippen LogP contribution in [0.2, 0.25) is 0 Å². The van der Waals surface area contributed by atoms with Crippen LogP contribution in [0.3, 0.4) is 0 Å². The lowest BCUT2D eigenvalue weighted by Crippen LogP contribution is -2.35. The standard InChI is InChI=1S/C21H27N3O3/c1-5-24-20(17-11-14(3)27-15(4)19(17)22-24)21(25)23-8-9-26-18-7-6-13(2)10-16(18)12-23/h6-7,10,14-15H,5,8-9,11-12H2,1-4H3/t14-,15+/m0/s1. The molecule has 2 aliphatic heterocycles. The Balaban J connectivity index is 1.71.